The number of hydrogen-bond acceptors (Lipinski definition) is 5. The highest BCUT2D eigenvalue weighted by atomic mass is 16.5. The number of hydrogen-bond donors (Lipinski definition) is 1. The second-order valence-corrected chi connectivity index (χ2v) is 8.33. The average molecular weight is 391 g/mol. The smallest absolute Gasteiger partial charge is 0.252 e. The molecule has 0 unspecified atom stereocenters. The first-order valence-corrected chi connectivity index (χ1v) is 9.92. The van der Waals surface area contributed by atoms with E-state index in [0.717, 1.165) is 28.8 Å². The van der Waals surface area contributed by atoms with E-state index >= 15 is 0 Å². The molecule has 0 bridgehead atoms. The summed E-state index contributed by atoms with van der Waals surface area (Å²) in [5, 5.41) is 8.52. The molecule has 2 aromatic rings. The third kappa shape index (κ3) is 5.29. The molecule has 0 radical (unpaired) electrons. The van der Waals surface area contributed by atoms with Gasteiger partial charge in [0.2, 0.25) is 0 Å². The van der Waals surface area contributed by atoms with E-state index in [1.807, 2.05) is 17.7 Å². The van der Waals surface area contributed by atoms with Gasteiger partial charge < -0.3 is 14.8 Å². The molecule has 2 rings (SSSR count). The highest BCUT2D eigenvalue weighted by Gasteiger charge is 2.25. The van der Waals surface area contributed by atoms with Gasteiger partial charge in [-0.05, 0) is 46.1 Å². The fourth-order valence-electron chi connectivity index (χ4n) is 2.97. The van der Waals surface area contributed by atoms with E-state index in [2.05, 4.69) is 45.0 Å². The van der Waals surface area contributed by atoms with Crippen LogP contribution in [0.1, 0.15) is 68.7 Å². The Morgan fingerprint density at radius 2 is 1.96 bits per heavy atom. The predicted molar refractivity (Wildman–Crippen MR) is 111 cm³/mol. The quantitative estimate of drug-likeness (QED) is 0.664. The molecule has 0 saturated carbocycles. The molecule has 0 aromatic carbocycles. The van der Waals surface area contributed by atoms with E-state index in [0.29, 0.717) is 31.9 Å². The second kappa shape index (κ2) is 9.47. The summed E-state index contributed by atoms with van der Waals surface area (Å²) in [4.78, 5) is 17.8. The first-order valence-electron chi connectivity index (χ1n) is 9.92. The van der Waals surface area contributed by atoms with Crippen LogP contribution < -0.4 is 5.32 Å². The standard InChI is InChI=1S/C21H34N4O3/c1-14(2)17-13-16(20(26)22-9-8-10-28-12-11-27-7)18-15(3)24-25(19(18)23-17)21(4,5)6/h13-14H,8-12H2,1-7H3,(H,22,26). The van der Waals surface area contributed by atoms with Crippen molar-refractivity contribution >= 4 is 16.9 Å². The highest BCUT2D eigenvalue weighted by Crippen LogP contribution is 2.28. The summed E-state index contributed by atoms with van der Waals surface area (Å²) < 4.78 is 12.3. The molecule has 2 heterocycles. The lowest BCUT2D eigenvalue weighted by molar-refractivity contribution is 0.0688. The predicted octanol–water partition coefficient (Wildman–Crippen LogP) is 3.40. The summed E-state index contributed by atoms with van der Waals surface area (Å²) in [5.41, 5.74) is 2.90. The maximum Gasteiger partial charge on any atom is 0.252 e. The number of nitrogens with zero attached hydrogens (tertiary/aromatic N) is 3. The van der Waals surface area contributed by atoms with Crippen LogP contribution in [0.4, 0.5) is 0 Å². The SMILES string of the molecule is COCCOCCCNC(=O)c1cc(C(C)C)nc2c1c(C)nn2C(C)(C)C. The number of methoxy groups -OCH3 is 1. The third-order valence-electron chi connectivity index (χ3n) is 4.49. The van der Waals surface area contributed by atoms with Gasteiger partial charge in [-0.3, -0.25) is 4.79 Å². The molecule has 0 aliphatic rings. The Labute approximate surface area is 167 Å². The van der Waals surface area contributed by atoms with Gasteiger partial charge in [0.1, 0.15) is 0 Å². The normalized spacial score (nSPS) is 12.1. The van der Waals surface area contributed by atoms with Crippen LogP contribution >= 0.6 is 0 Å². The summed E-state index contributed by atoms with van der Waals surface area (Å²) >= 11 is 0. The summed E-state index contributed by atoms with van der Waals surface area (Å²) in [5.74, 6) is 0.122. The number of carbonyl (C=O) groups is 1. The van der Waals surface area contributed by atoms with Crippen molar-refractivity contribution in [1.29, 1.82) is 0 Å². The average Bonchev–Trinajstić information content (AvgIpc) is 2.97. The first kappa shape index (κ1) is 22.3. The van der Waals surface area contributed by atoms with Crippen molar-refractivity contribution in [2.45, 2.75) is 59.4 Å². The van der Waals surface area contributed by atoms with Crippen molar-refractivity contribution in [3.8, 4) is 0 Å². The molecular weight excluding hydrogens is 356 g/mol. The van der Waals surface area contributed by atoms with Crippen LogP contribution in [0.5, 0.6) is 0 Å². The van der Waals surface area contributed by atoms with Crippen LogP contribution in [-0.4, -0.2) is 54.1 Å². The van der Waals surface area contributed by atoms with Crippen LogP contribution in [0.15, 0.2) is 6.07 Å². The third-order valence-corrected chi connectivity index (χ3v) is 4.49. The van der Waals surface area contributed by atoms with Crippen LogP contribution in [-0.2, 0) is 15.0 Å². The highest BCUT2D eigenvalue weighted by molar-refractivity contribution is 6.06. The van der Waals surface area contributed by atoms with Crippen LogP contribution in [0.2, 0.25) is 0 Å². The molecule has 2 aromatic heterocycles. The molecule has 1 N–H and O–H groups in total. The van der Waals surface area contributed by atoms with Gasteiger partial charge in [-0.25, -0.2) is 9.67 Å². The van der Waals surface area contributed by atoms with Gasteiger partial charge in [-0.15, -0.1) is 0 Å². The minimum atomic E-state index is -0.220. The van der Waals surface area contributed by atoms with Crippen LogP contribution in [0, 0.1) is 6.92 Å². The number of ether oxygens (including phenoxy) is 2. The minimum absolute atomic E-state index is 0.0947. The van der Waals surface area contributed by atoms with Gasteiger partial charge in [0.05, 0.1) is 35.4 Å². The van der Waals surface area contributed by atoms with Crippen molar-refractivity contribution in [3.63, 3.8) is 0 Å². The zero-order chi connectivity index (χ0) is 20.9. The number of nitrogens with one attached hydrogen (secondary N) is 1. The number of amides is 1. The Bertz CT molecular complexity index is 806. The van der Waals surface area contributed by atoms with Crippen LogP contribution in [0.3, 0.4) is 0 Å². The Morgan fingerprint density at radius 3 is 2.57 bits per heavy atom. The molecule has 1 amide bonds. The van der Waals surface area contributed by atoms with Crippen molar-refractivity contribution in [2.24, 2.45) is 0 Å². The van der Waals surface area contributed by atoms with E-state index in [1.165, 1.54) is 0 Å². The monoisotopic (exact) mass is 390 g/mol. The minimum Gasteiger partial charge on any atom is -0.382 e. The number of rotatable bonds is 9. The molecule has 28 heavy (non-hydrogen) atoms. The number of carbonyl (C=O) groups excluding carboxylic acids is 1. The summed E-state index contributed by atoms with van der Waals surface area (Å²) in [6, 6.07) is 1.90. The van der Waals surface area contributed by atoms with E-state index in [-0.39, 0.29) is 17.4 Å². The fraction of sp³-hybridized carbons (Fsp3) is 0.667. The Balaban J connectivity index is 2.25. The Kier molecular flexibility index (Phi) is 7.55. The van der Waals surface area contributed by atoms with E-state index in [9.17, 15) is 4.79 Å². The van der Waals surface area contributed by atoms with Crippen molar-refractivity contribution < 1.29 is 14.3 Å². The number of aryl methyl sites for hydroxylation is 1. The molecule has 0 saturated heterocycles. The largest absolute Gasteiger partial charge is 0.382 e. The molecule has 0 aliphatic heterocycles. The van der Waals surface area contributed by atoms with Gasteiger partial charge in [0, 0.05) is 26.0 Å². The zero-order valence-corrected chi connectivity index (χ0v) is 18.3. The van der Waals surface area contributed by atoms with E-state index < -0.39 is 0 Å². The fourth-order valence-corrected chi connectivity index (χ4v) is 2.97. The molecular formula is C21H34N4O3. The number of fused-ring (bicyclic) bond motifs is 1. The van der Waals surface area contributed by atoms with Crippen molar-refractivity contribution in [1.82, 2.24) is 20.1 Å². The van der Waals surface area contributed by atoms with Gasteiger partial charge in [0.25, 0.3) is 5.91 Å². The van der Waals surface area contributed by atoms with E-state index in [4.69, 9.17) is 14.5 Å². The molecule has 0 spiro atoms. The Morgan fingerprint density at radius 1 is 1.25 bits per heavy atom. The maximum absolute atomic E-state index is 12.9. The van der Waals surface area contributed by atoms with Gasteiger partial charge in [0.15, 0.2) is 5.65 Å². The van der Waals surface area contributed by atoms with Crippen molar-refractivity contribution in [3.05, 3.63) is 23.0 Å². The topological polar surface area (TPSA) is 78.3 Å². The molecule has 0 atom stereocenters. The molecule has 156 valence electrons. The Hall–Kier alpha value is -1.99. The molecule has 0 aliphatic carbocycles. The molecule has 0 fully saturated rings. The lowest BCUT2D eigenvalue weighted by atomic mass is 10.0. The lowest BCUT2D eigenvalue weighted by Gasteiger charge is -2.20. The number of aromatic nitrogens is 3. The summed E-state index contributed by atoms with van der Waals surface area (Å²) in [6.07, 6.45) is 0.751. The molecule has 7 heteroatoms. The van der Waals surface area contributed by atoms with Crippen LogP contribution in [0.25, 0.3) is 11.0 Å². The summed E-state index contributed by atoms with van der Waals surface area (Å²) in [6.45, 7) is 14.7. The molecule has 7 nitrogen and oxygen atoms in total. The summed E-state index contributed by atoms with van der Waals surface area (Å²) in [7, 11) is 1.65. The second-order valence-electron chi connectivity index (χ2n) is 8.33. The lowest BCUT2D eigenvalue weighted by Crippen LogP contribution is -2.26. The van der Waals surface area contributed by atoms with Crippen molar-refractivity contribution in [2.75, 3.05) is 33.5 Å². The zero-order valence-electron chi connectivity index (χ0n) is 18.3. The van der Waals surface area contributed by atoms with E-state index in [1.54, 1.807) is 7.11 Å². The first-order chi connectivity index (χ1) is 13.2. The van der Waals surface area contributed by atoms with Gasteiger partial charge in [-0.2, -0.15) is 5.10 Å². The number of pyridine rings is 1. The van der Waals surface area contributed by atoms with Gasteiger partial charge >= 0.3 is 0 Å². The van der Waals surface area contributed by atoms with Gasteiger partial charge in [-0.1, -0.05) is 13.8 Å². The maximum atomic E-state index is 12.9.